The van der Waals surface area contributed by atoms with Crippen molar-refractivity contribution in [3.63, 3.8) is 0 Å². The average molecular weight is 412 g/mol. The van der Waals surface area contributed by atoms with Gasteiger partial charge >= 0.3 is 0 Å². The highest BCUT2D eigenvalue weighted by atomic mass is 16.1. The van der Waals surface area contributed by atoms with Crippen LogP contribution in [0, 0.1) is 0 Å². The molecule has 0 unspecified atom stereocenters. The Balaban J connectivity index is 1.46. The van der Waals surface area contributed by atoms with E-state index >= 15 is 0 Å². The molecule has 0 aliphatic heterocycles. The van der Waals surface area contributed by atoms with Crippen LogP contribution in [0.25, 0.3) is 28.2 Å². The number of anilines is 1. The molecule has 4 aromatic rings. The topological polar surface area (TPSA) is 83.6 Å². The summed E-state index contributed by atoms with van der Waals surface area (Å²) in [5.74, 6) is 0.338. The first kappa shape index (κ1) is 20.5. The van der Waals surface area contributed by atoms with E-state index in [9.17, 15) is 4.79 Å². The molecule has 0 aliphatic rings. The van der Waals surface area contributed by atoms with Crippen LogP contribution in [-0.2, 0) is 11.2 Å². The quantitative estimate of drug-likeness (QED) is 0.300. The molecule has 0 saturated heterocycles. The van der Waals surface area contributed by atoms with E-state index in [4.69, 9.17) is 0 Å². The molecule has 0 atom stereocenters. The monoisotopic (exact) mass is 411 g/mol. The number of nitrogens with one attached hydrogen (secondary N) is 2. The number of hydrogen-bond donors (Lipinski definition) is 2. The van der Waals surface area contributed by atoms with Crippen LogP contribution in [0.5, 0.6) is 0 Å². The van der Waals surface area contributed by atoms with Crippen LogP contribution in [0.4, 0.5) is 5.69 Å². The van der Waals surface area contributed by atoms with Crippen molar-refractivity contribution in [3.05, 3.63) is 77.9 Å². The zero-order chi connectivity index (χ0) is 21.5. The normalized spacial score (nSPS) is 11.3. The number of carbonyl (C=O) groups excluding carboxylic acids is 1. The van der Waals surface area contributed by atoms with Crippen LogP contribution >= 0.6 is 0 Å². The first-order chi connectivity index (χ1) is 15.2. The first-order valence-corrected chi connectivity index (χ1v) is 10.6. The summed E-state index contributed by atoms with van der Waals surface area (Å²) in [4.78, 5) is 12.5. The highest BCUT2D eigenvalue weighted by Crippen LogP contribution is 2.27. The van der Waals surface area contributed by atoms with Crippen LogP contribution in [0.2, 0.25) is 0 Å². The number of nitrogens with zero attached hydrogens (tertiary/aromatic N) is 3. The second kappa shape index (κ2) is 9.80. The summed E-state index contributed by atoms with van der Waals surface area (Å²) in [5, 5.41) is 19.1. The number of aromatic nitrogens is 4. The zero-order valence-electron chi connectivity index (χ0n) is 17.5. The van der Waals surface area contributed by atoms with Gasteiger partial charge in [-0.3, -0.25) is 4.79 Å². The highest BCUT2D eigenvalue weighted by Gasteiger charge is 2.08. The lowest BCUT2D eigenvalue weighted by atomic mass is 10.0. The largest absolute Gasteiger partial charge is 0.322 e. The lowest BCUT2D eigenvalue weighted by Crippen LogP contribution is -2.08. The number of hydrogen-bond acceptors (Lipinski definition) is 4. The van der Waals surface area contributed by atoms with Crippen LogP contribution < -0.4 is 5.32 Å². The maximum atomic E-state index is 12.5. The average Bonchev–Trinajstić information content (AvgIpc) is 3.34. The van der Waals surface area contributed by atoms with Crippen molar-refractivity contribution >= 4 is 28.4 Å². The number of amides is 1. The molecule has 2 N–H and O–H groups in total. The number of unbranched alkanes of at least 4 members (excludes halogenated alkanes) is 2. The standard InChI is InChI=1S/C25H25N5O/c1-2-3-4-6-18-9-11-19(12-10-18)13-16-24(31)26-23-8-5-7-20-14-15-21(17-22(20)23)25-27-29-30-28-25/h5,7-17H,2-4,6H2,1H3,(H,26,31)(H,27,28,29,30)/b16-13+. The molecule has 1 aromatic heterocycles. The van der Waals surface area contributed by atoms with Gasteiger partial charge in [-0.25, -0.2) is 0 Å². The number of rotatable bonds is 8. The Morgan fingerprint density at radius 2 is 1.94 bits per heavy atom. The lowest BCUT2D eigenvalue weighted by molar-refractivity contribution is -0.111. The van der Waals surface area contributed by atoms with Gasteiger partial charge in [0.2, 0.25) is 11.7 Å². The fraction of sp³-hybridized carbons (Fsp3) is 0.200. The maximum Gasteiger partial charge on any atom is 0.248 e. The summed E-state index contributed by atoms with van der Waals surface area (Å²) in [7, 11) is 0. The van der Waals surface area contributed by atoms with Crippen LogP contribution in [0.3, 0.4) is 0 Å². The third-order valence-corrected chi connectivity index (χ3v) is 5.22. The van der Waals surface area contributed by atoms with Gasteiger partial charge in [0.25, 0.3) is 0 Å². The number of carbonyl (C=O) groups is 1. The summed E-state index contributed by atoms with van der Waals surface area (Å²) in [5.41, 5.74) is 3.91. The maximum absolute atomic E-state index is 12.5. The van der Waals surface area contributed by atoms with Crippen LogP contribution in [-0.4, -0.2) is 26.5 Å². The van der Waals surface area contributed by atoms with Crippen molar-refractivity contribution in [1.29, 1.82) is 0 Å². The smallest absolute Gasteiger partial charge is 0.248 e. The van der Waals surface area contributed by atoms with Gasteiger partial charge < -0.3 is 5.32 Å². The van der Waals surface area contributed by atoms with Gasteiger partial charge in [0.05, 0.1) is 0 Å². The van der Waals surface area contributed by atoms with E-state index in [1.54, 1.807) is 6.08 Å². The van der Waals surface area contributed by atoms with E-state index in [-0.39, 0.29) is 5.91 Å². The third-order valence-electron chi connectivity index (χ3n) is 5.22. The minimum atomic E-state index is -0.176. The molecule has 0 spiro atoms. The molecule has 0 aliphatic carbocycles. The number of aromatic amines is 1. The Kier molecular flexibility index (Phi) is 6.47. The predicted molar refractivity (Wildman–Crippen MR) is 124 cm³/mol. The molecule has 0 radical (unpaired) electrons. The van der Waals surface area contributed by atoms with Crippen molar-refractivity contribution in [3.8, 4) is 11.4 Å². The second-order valence-electron chi connectivity index (χ2n) is 7.50. The van der Waals surface area contributed by atoms with E-state index < -0.39 is 0 Å². The SMILES string of the molecule is CCCCCc1ccc(/C=C/C(=O)Nc2cccc3ccc(-c4nn[nH]n4)cc23)cc1. The molecule has 156 valence electrons. The van der Waals surface area contributed by atoms with Crippen LogP contribution in [0.15, 0.2) is 66.7 Å². The first-order valence-electron chi connectivity index (χ1n) is 10.6. The molecule has 0 bridgehead atoms. The molecule has 6 heteroatoms. The molecule has 1 amide bonds. The summed E-state index contributed by atoms with van der Waals surface area (Å²) in [6, 6.07) is 20.1. The summed E-state index contributed by atoms with van der Waals surface area (Å²) < 4.78 is 0. The Labute approximate surface area is 181 Å². The molecule has 0 fully saturated rings. The third kappa shape index (κ3) is 5.22. The van der Waals surface area contributed by atoms with Crippen molar-refractivity contribution < 1.29 is 4.79 Å². The molecule has 3 aromatic carbocycles. The van der Waals surface area contributed by atoms with Crippen molar-refractivity contribution in [2.24, 2.45) is 0 Å². The van der Waals surface area contributed by atoms with E-state index in [0.717, 1.165) is 34.0 Å². The van der Waals surface area contributed by atoms with Gasteiger partial charge in [0.15, 0.2) is 0 Å². The minimum Gasteiger partial charge on any atom is -0.322 e. The molecule has 1 heterocycles. The van der Waals surface area contributed by atoms with Crippen molar-refractivity contribution in [2.75, 3.05) is 5.32 Å². The van der Waals surface area contributed by atoms with E-state index in [1.165, 1.54) is 24.8 Å². The predicted octanol–water partition coefficient (Wildman–Crippen LogP) is 5.40. The second-order valence-corrected chi connectivity index (χ2v) is 7.50. The number of aryl methyl sites for hydroxylation is 1. The molecular weight excluding hydrogens is 386 g/mol. The molecule has 31 heavy (non-hydrogen) atoms. The zero-order valence-corrected chi connectivity index (χ0v) is 17.5. The van der Waals surface area contributed by atoms with Gasteiger partial charge in [-0.2, -0.15) is 5.21 Å². The van der Waals surface area contributed by atoms with E-state index in [1.807, 2.05) is 42.5 Å². The van der Waals surface area contributed by atoms with Crippen molar-refractivity contribution in [2.45, 2.75) is 32.6 Å². The number of H-pyrrole nitrogens is 1. The fourth-order valence-electron chi connectivity index (χ4n) is 3.53. The Morgan fingerprint density at radius 3 is 2.71 bits per heavy atom. The van der Waals surface area contributed by atoms with Gasteiger partial charge in [-0.15, -0.1) is 10.2 Å². The van der Waals surface area contributed by atoms with Crippen LogP contribution in [0.1, 0.15) is 37.3 Å². The van der Waals surface area contributed by atoms with Gasteiger partial charge in [0.1, 0.15) is 0 Å². The fourth-order valence-corrected chi connectivity index (χ4v) is 3.53. The number of tetrazole rings is 1. The Bertz CT molecular complexity index is 1180. The summed E-state index contributed by atoms with van der Waals surface area (Å²) >= 11 is 0. The molecule has 4 rings (SSSR count). The van der Waals surface area contributed by atoms with Gasteiger partial charge in [-0.05, 0) is 52.8 Å². The summed E-state index contributed by atoms with van der Waals surface area (Å²) in [6.07, 6.45) is 8.20. The van der Waals surface area contributed by atoms with Gasteiger partial charge in [-0.1, -0.05) is 68.3 Å². The van der Waals surface area contributed by atoms with Gasteiger partial charge in [0, 0.05) is 22.7 Å². The van der Waals surface area contributed by atoms with E-state index in [0.29, 0.717) is 5.82 Å². The molecule has 6 nitrogen and oxygen atoms in total. The lowest BCUT2D eigenvalue weighted by Gasteiger charge is -2.08. The van der Waals surface area contributed by atoms with Crippen molar-refractivity contribution in [1.82, 2.24) is 20.6 Å². The Hall–Kier alpha value is -3.80. The summed E-state index contributed by atoms with van der Waals surface area (Å²) in [6.45, 7) is 2.21. The number of fused-ring (bicyclic) bond motifs is 1. The number of benzene rings is 3. The van der Waals surface area contributed by atoms with E-state index in [2.05, 4.69) is 57.1 Å². The molecule has 0 saturated carbocycles. The highest BCUT2D eigenvalue weighted by molar-refractivity contribution is 6.08. The molecular formula is C25H25N5O. The Morgan fingerprint density at radius 1 is 1.06 bits per heavy atom. The minimum absolute atomic E-state index is 0.176.